The normalized spacial score (nSPS) is 13.9. The van der Waals surface area contributed by atoms with Crippen molar-refractivity contribution in [2.24, 2.45) is 0 Å². The Morgan fingerprint density at radius 3 is 2.34 bits per heavy atom. The molecule has 1 fully saturated rings. The first-order chi connectivity index (χ1) is 18.2. The molecule has 0 saturated carbocycles. The molecule has 196 valence electrons. The number of methoxy groups -OCH3 is 1. The van der Waals surface area contributed by atoms with Gasteiger partial charge in [0, 0.05) is 42.9 Å². The molecule has 4 aromatic rings. The number of carbonyl (C=O) groups is 1. The predicted octanol–water partition coefficient (Wildman–Crippen LogP) is 4.21. The van der Waals surface area contributed by atoms with Crippen LogP contribution in [0.15, 0.2) is 77.7 Å². The zero-order valence-electron chi connectivity index (χ0n) is 20.5. The van der Waals surface area contributed by atoms with Crippen molar-refractivity contribution in [3.63, 3.8) is 0 Å². The molecule has 0 unspecified atom stereocenters. The van der Waals surface area contributed by atoms with E-state index in [4.69, 9.17) is 4.74 Å². The lowest BCUT2D eigenvalue weighted by Gasteiger charge is -2.37. The van der Waals surface area contributed by atoms with Crippen molar-refractivity contribution in [1.82, 2.24) is 4.98 Å². The third kappa shape index (κ3) is 5.18. The zero-order valence-corrected chi connectivity index (χ0v) is 21.3. The molecule has 38 heavy (non-hydrogen) atoms. The molecule has 0 aliphatic carbocycles. The monoisotopic (exact) mass is 536 g/mol. The van der Waals surface area contributed by atoms with Crippen LogP contribution < -0.4 is 19.3 Å². The van der Waals surface area contributed by atoms with Gasteiger partial charge in [-0.3, -0.25) is 4.72 Å². The fraction of sp³-hybridized carbons (Fsp3) is 0.185. The van der Waals surface area contributed by atoms with Gasteiger partial charge in [0.25, 0.3) is 10.0 Å². The fourth-order valence-electron chi connectivity index (χ4n) is 4.45. The maximum Gasteiger partial charge on any atom is 0.336 e. The highest BCUT2D eigenvalue weighted by molar-refractivity contribution is 7.92. The summed E-state index contributed by atoms with van der Waals surface area (Å²) in [5.74, 6) is -0.502. The lowest BCUT2D eigenvalue weighted by Crippen LogP contribution is -2.46. The van der Waals surface area contributed by atoms with Crippen LogP contribution in [0.5, 0.6) is 5.75 Å². The van der Waals surface area contributed by atoms with Crippen LogP contribution in [-0.2, 0) is 10.0 Å². The third-order valence-corrected chi connectivity index (χ3v) is 7.80. The van der Waals surface area contributed by atoms with Crippen LogP contribution in [0.3, 0.4) is 0 Å². The Kier molecular flexibility index (Phi) is 6.77. The Labute approximate surface area is 219 Å². The number of nitrogens with zero attached hydrogens (tertiary/aromatic N) is 3. The molecule has 0 spiro atoms. The van der Waals surface area contributed by atoms with Crippen molar-refractivity contribution in [2.75, 3.05) is 47.8 Å². The summed E-state index contributed by atoms with van der Waals surface area (Å²) in [6, 6.07) is 18.5. The number of carboxylic acid groups (broad SMARTS) is 1. The minimum atomic E-state index is -4.07. The number of benzene rings is 3. The minimum Gasteiger partial charge on any atom is -0.497 e. The summed E-state index contributed by atoms with van der Waals surface area (Å²) in [6.07, 6.45) is 0. The molecule has 1 aromatic heterocycles. The number of nitrogens with one attached hydrogen (secondary N) is 1. The summed E-state index contributed by atoms with van der Waals surface area (Å²) in [6.45, 7) is 2.76. The number of fused-ring (bicyclic) bond motifs is 1. The van der Waals surface area contributed by atoms with Crippen molar-refractivity contribution in [1.29, 1.82) is 0 Å². The first kappa shape index (κ1) is 25.3. The number of pyridine rings is 1. The Hall–Kier alpha value is -4.38. The third-order valence-electron chi connectivity index (χ3n) is 6.43. The number of anilines is 3. The molecular formula is C27H25FN4O5S. The molecule has 2 N–H and O–H groups in total. The van der Waals surface area contributed by atoms with Crippen LogP contribution in [0.4, 0.5) is 21.6 Å². The lowest BCUT2D eigenvalue weighted by molar-refractivity contribution is 0.0699. The smallest absolute Gasteiger partial charge is 0.336 e. The lowest BCUT2D eigenvalue weighted by atomic mass is 10.1. The second kappa shape index (κ2) is 10.2. The van der Waals surface area contributed by atoms with Gasteiger partial charge >= 0.3 is 5.97 Å². The van der Waals surface area contributed by atoms with Gasteiger partial charge in [-0.15, -0.1) is 0 Å². The van der Waals surface area contributed by atoms with Crippen LogP contribution >= 0.6 is 0 Å². The van der Waals surface area contributed by atoms with Gasteiger partial charge in [-0.2, -0.15) is 0 Å². The van der Waals surface area contributed by atoms with E-state index in [-0.39, 0.29) is 21.5 Å². The summed E-state index contributed by atoms with van der Waals surface area (Å²) in [4.78, 5) is 20.9. The quantitative estimate of drug-likeness (QED) is 0.361. The van der Waals surface area contributed by atoms with E-state index >= 15 is 0 Å². The highest BCUT2D eigenvalue weighted by atomic mass is 32.2. The van der Waals surface area contributed by atoms with E-state index in [9.17, 15) is 22.7 Å². The van der Waals surface area contributed by atoms with Crippen molar-refractivity contribution in [3.05, 3.63) is 84.2 Å². The standard InChI is InChI=1S/C27H25FN4O5S/c1-37-21-8-6-20(7-9-21)31-11-13-32(14-12-31)26-17-24(27(33)34)23-16-19(5-10-25(23)29-26)30-38(35,36)22-4-2-3-18(28)15-22/h2-10,15-17,30H,11-14H2,1H3,(H,33,34). The molecule has 11 heteroatoms. The molecule has 0 atom stereocenters. The van der Waals surface area contributed by atoms with Crippen LogP contribution in [0, 0.1) is 5.82 Å². The molecule has 1 saturated heterocycles. The summed E-state index contributed by atoms with van der Waals surface area (Å²) in [7, 11) is -2.45. The maximum absolute atomic E-state index is 13.5. The summed E-state index contributed by atoms with van der Waals surface area (Å²) in [5, 5.41) is 10.2. The Bertz CT molecular complexity index is 1600. The molecule has 0 radical (unpaired) electrons. The molecule has 2 heterocycles. The SMILES string of the molecule is COc1ccc(N2CCN(c3cc(C(=O)O)c4cc(NS(=O)(=O)c5cccc(F)c5)ccc4n3)CC2)cc1. The van der Waals surface area contributed by atoms with Gasteiger partial charge in [-0.25, -0.2) is 22.6 Å². The first-order valence-electron chi connectivity index (χ1n) is 11.8. The van der Waals surface area contributed by atoms with Crippen LogP contribution in [0.25, 0.3) is 10.9 Å². The maximum atomic E-state index is 13.5. The Morgan fingerprint density at radius 2 is 1.68 bits per heavy atom. The predicted molar refractivity (Wildman–Crippen MR) is 143 cm³/mol. The van der Waals surface area contributed by atoms with E-state index < -0.39 is 21.8 Å². The van der Waals surface area contributed by atoms with Gasteiger partial charge in [-0.05, 0) is 66.7 Å². The van der Waals surface area contributed by atoms with Crippen LogP contribution in [-0.4, -0.2) is 57.8 Å². The molecule has 1 aliphatic heterocycles. The number of aromatic nitrogens is 1. The number of aromatic carboxylic acids is 1. The second-order valence-corrected chi connectivity index (χ2v) is 10.5. The molecule has 9 nitrogen and oxygen atoms in total. The van der Waals surface area contributed by atoms with Crippen molar-refractivity contribution in [3.8, 4) is 5.75 Å². The summed E-state index contributed by atoms with van der Waals surface area (Å²) >= 11 is 0. The van der Waals surface area contributed by atoms with Gasteiger partial charge in [0.15, 0.2) is 0 Å². The molecule has 1 aliphatic rings. The van der Waals surface area contributed by atoms with Crippen LogP contribution in [0.2, 0.25) is 0 Å². The number of sulfonamides is 1. The summed E-state index contributed by atoms with van der Waals surface area (Å²) < 4.78 is 46.6. The average molecular weight is 537 g/mol. The van der Waals surface area contributed by atoms with Crippen LogP contribution in [0.1, 0.15) is 10.4 Å². The highest BCUT2D eigenvalue weighted by Crippen LogP contribution is 2.29. The Balaban J connectivity index is 1.38. The van der Waals surface area contributed by atoms with E-state index in [1.807, 2.05) is 29.2 Å². The Morgan fingerprint density at radius 1 is 0.974 bits per heavy atom. The zero-order chi connectivity index (χ0) is 26.9. The van der Waals surface area contributed by atoms with Crippen molar-refractivity contribution in [2.45, 2.75) is 4.90 Å². The first-order valence-corrected chi connectivity index (χ1v) is 13.3. The largest absolute Gasteiger partial charge is 0.497 e. The number of carboxylic acids is 1. The van der Waals surface area contributed by atoms with Crippen molar-refractivity contribution < 1.29 is 27.4 Å². The molecule has 0 amide bonds. The number of ether oxygens (including phenoxy) is 1. The highest BCUT2D eigenvalue weighted by Gasteiger charge is 2.22. The molecular weight excluding hydrogens is 511 g/mol. The van der Waals surface area contributed by atoms with E-state index in [1.54, 1.807) is 13.2 Å². The van der Waals surface area contributed by atoms with Gasteiger partial charge in [0.05, 0.1) is 23.1 Å². The topological polar surface area (TPSA) is 112 Å². The minimum absolute atomic E-state index is 0.00869. The van der Waals surface area contributed by atoms with Gasteiger partial charge < -0.3 is 19.6 Å². The summed E-state index contributed by atoms with van der Waals surface area (Å²) in [5.41, 5.74) is 1.66. The number of hydrogen-bond donors (Lipinski definition) is 2. The van der Waals surface area contributed by atoms with E-state index in [0.29, 0.717) is 24.4 Å². The van der Waals surface area contributed by atoms with Gasteiger partial charge in [0.1, 0.15) is 17.4 Å². The number of hydrogen-bond acceptors (Lipinski definition) is 7. The van der Waals surface area contributed by atoms with Crippen molar-refractivity contribution >= 4 is 44.1 Å². The van der Waals surface area contributed by atoms with Gasteiger partial charge in [0.2, 0.25) is 0 Å². The number of piperazine rings is 1. The average Bonchev–Trinajstić information content (AvgIpc) is 2.92. The fourth-order valence-corrected chi connectivity index (χ4v) is 5.53. The van der Waals surface area contributed by atoms with E-state index in [0.717, 1.165) is 36.7 Å². The number of halogens is 1. The molecule has 3 aromatic carbocycles. The second-order valence-electron chi connectivity index (χ2n) is 8.80. The van der Waals surface area contributed by atoms with E-state index in [2.05, 4.69) is 14.6 Å². The molecule has 5 rings (SSSR count). The molecule has 0 bridgehead atoms. The number of rotatable bonds is 7. The van der Waals surface area contributed by atoms with E-state index in [1.165, 1.54) is 30.3 Å². The van der Waals surface area contributed by atoms with Gasteiger partial charge in [-0.1, -0.05) is 6.07 Å².